The zero-order valence-electron chi connectivity index (χ0n) is 12.4. The fourth-order valence-electron chi connectivity index (χ4n) is 2.89. The predicted octanol–water partition coefficient (Wildman–Crippen LogP) is 3.31. The van der Waals surface area contributed by atoms with Crippen LogP contribution in [0.5, 0.6) is 0 Å². The quantitative estimate of drug-likeness (QED) is 0.812. The third kappa shape index (κ3) is 2.62. The maximum absolute atomic E-state index is 12.5. The summed E-state index contributed by atoms with van der Waals surface area (Å²) in [5.41, 5.74) is 2.18. The Hall–Kier alpha value is -1.62. The minimum absolute atomic E-state index is 0.0130. The van der Waals surface area contributed by atoms with E-state index in [-0.39, 0.29) is 5.69 Å². The van der Waals surface area contributed by atoms with Gasteiger partial charge >= 0.3 is 5.69 Å². The van der Waals surface area contributed by atoms with Gasteiger partial charge in [-0.1, -0.05) is 25.5 Å². The Morgan fingerprint density at radius 2 is 1.76 bits per heavy atom. The van der Waals surface area contributed by atoms with E-state index in [9.17, 15) is 4.79 Å². The lowest BCUT2D eigenvalue weighted by molar-refractivity contribution is 0.352. The van der Waals surface area contributed by atoms with Gasteiger partial charge in [-0.25, -0.2) is 14.0 Å². The Labute approximate surface area is 129 Å². The fourth-order valence-corrected chi connectivity index (χ4v) is 3.26. The van der Waals surface area contributed by atoms with Crippen molar-refractivity contribution in [3.8, 4) is 5.69 Å². The second kappa shape index (κ2) is 6.02. The zero-order chi connectivity index (χ0) is 14.8. The van der Waals surface area contributed by atoms with E-state index in [1.807, 2.05) is 16.8 Å². The van der Waals surface area contributed by atoms with E-state index in [0.29, 0.717) is 4.77 Å². The van der Waals surface area contributed by atoms with Crippen molar-refractivity contribution in [2.24, 2.45) is 0 Å². The van der Waals surface area contributed by atoms with Crippen molar-refractivity contribution in [2.75, 3.05) is 0 Å². The number of benzene rings is 1. The zero-order valence-corrected chi connectivity index (χ0v) is 13.2. The summed E-state index contributed by atoms with van der Waals surface area (Å²) in [5.74, 6) is 0. The highest BCUT2D eigenvalue weighted by Gasteiger charge is 2.17. The van der Waals surface area contributed by atoms with Crippen LogP contribution in [0.3, 0.4) is 0 Å². The van der Waals surface area contributed by atoms with Crippen LogP contribution in [0.25, 0.3) is 5.69 Å². The number of nitrogens with zero attached hydrogens (tertiary/aromatic N) is 3. The molecular weight excluding hydrogens is 282 g/mol. The molecule has 1 aromatic carbocycles. The first-order valence-corrected chi connectivity index (χ1v) is 8.15. The van der Waals surface area contributed by atoms with Crippen molar-refractivity contribution in [1.29, 1.82) is 0 Å². The van der Waals surface area contributed by atoms with Crippen LogP contribution < -0.4 is 5.69 Å². The van der Waals surface area contributed by atoms with Gasteiger partial charge < -0.3 is 0 Å². The van der Waals surface area contributed by atoms with E-state index >= 15 is 0 Å². The first-order chi connectivity index (χ1) is 10.2. The number of hydrogen-bond donors (Lipinski definition) is 0. The molecule has 0 unspecified atom stereocenters. The summed E-state index contributed by atoms with van der Waals surface area (Å²) in [6.45, 7) is 3.81. The molecule has 2 aromatic rings. The molecule has 21 heavy (non-hydrogen) atoms. The SMILES string of the molecule is CCCCc1ccc(-n2c(=O)n3n(c2=S)CCCC3)cc1. The Kier molecular flexibility index (Phi) is 4.10. The molecule has 0 amide bonds. The molecule has 112 valence electrons. The topological polar surface area (TPSA) is 31.9 Å². The monoisotopic (exact) mass is 303 g/mol. The molecule has 0 spiro atoms. The third-order valence-corrected chi connectivity index (χ3v) is 4.51. The lowest BCUT2D eigenvalue weighted by Gasteiger charge is -2.14. The number of hydrogen-bond acceptors (Lipinski definition) is 2. The van der Waals surface area contributed by atoms with Crippen LogP contribution in [0.15, 0.2) is 29.1 Å². The first kappa shape index (κ1) is 14.3. The van der Waals surface area contributed by atoms with Crippen LogP contribution in [0.4, 0.5) is 0 Å². The maximum atomic E-state index is 12.5. The molecule has 0 fully saturated rings. The Morgan fingerprint density at radius 1 is 1.10 bits per heavy atom. The van der Waals surface area contributed by atoms with Crippen LogP contribution in [0.1, 0.15) is 38.2 Å². The van der Waals surface area contributed by atoms with E-state index in [0.717, 1.165) is 38.0 Å². The number of aryl methyl sites for hydroxylation is 1. The molecule has 2 heterocycles. The molecule has 0 atom stereocenters. The maximum Gasteiger partial charge on any atom is 0.349 e. The molecule has 5 heteroatoms. The highest BCUT2D eigenvalue weighted by molar-refractivity contribution is 7.71. The van der Waals surface area contributed by atoms with E-state index in [2.05, 4.69) is 19.1 Å². The average Bonchev–Trinajstić information content (AvgIpc) is 2.78. The molecule has 4 nitrogen and oxygen atoms in total. The number of unbranched alkanes of at least 4 members (excludes halogenated alkanes) is 1. The molecule has 1 aromatic heterocycles. The molecule has 3 rings (SSSR count). The van der Waals surface area contributed by atoms with Crippen LogP contribution in [-0.4, -0.2) is 13.9 Å². The summed E-state index contributed by atoms with van der Waals surface area (Å²) in [6.07, 6.45) is 5.62. The first-order valence-electron chi connectivity index (χ1n) is 7.74. The van der Waals surface area contributed by atoms with E-state index in [1.165, 1.54) is 18.4 Å². The summed E-state index contributed by atoms with van der Waals surface area (Å²) in [6, 6.07) is 8.23. The molecule has 1 aliphatic rings. The van der Waals surface area contributed by atoms with Gasteiger partial charge in [0.05, 0.1) is 5.69 Å². The van der Waals surface area contributed by atoms with Crippen LogP contribution in [-0.2, 0) is 19.5 Å². The predicted molar refractivity (Wildman–Crippen MR) is 86.7 cm³/mol. The molecule has 0 bridgehead atoms. The Balaban J connectivity index is 1.99. The van der Waals surface area contributed by atoms with Crippen molar-refractivity contribution in [1.82, 2.24) is 13.9 Å². The van der Waals surface area contributed by atoms with Gasteiger partial charge in [0.15, 0.2) is 0 Å². The van der Waals surface area contributed by atoms with E-state index in [1.54, 1.807) is 9.25 Å². The van der Waals surface area contributed by atoms with Crippen molar-refractivity contribution in [3.63, 3.8) is 0 Å². The van der Waals surface area contributed by atoms with Gasteiger partial charge in [0.25, 0.3) is 0 Å². The van der Waals surface area contributed by atoms with Gasteiger partial charge in [0, 0.05) is 13.1 Å². The molecule has 1 aliphatic heterocycles. The molecule has 0 saturated carbocycles. The van der Waals surface area contributed by atoms with Gasteiger partial charge in [0.2, 0.25) is 4.77 Å². The molecule has 0 radical (unpaired) electrons. The largest absolute Gasteiger partial charge is 0.349 e. The van der Waals surface area contributed by atoms with Gasteiger partial charge in [-0.2, -0.15) is 0 Å². The normalized spacial score (nSPS) is 14.1. The number of rotatable bonds is 4. The Bertz CT molecular complexity index is 699. The van der Waals surface area contributed by atoms with Crippen molar-refractivity contribution >= 4 is 12.2 Å². The highest BCUT2D eigenvalue weighted by atomic mass is 32.1. The molecule has 0 saturated heterocycles. The van der Waals surface area contributed by atoms with Gasteiger partial charge in [-0.05, 0) is 55.6 Å². The van der Waals surface area contributed by atoms with Crippen molar-refractivity contribution in [3.05, 3.63) is 45.1 Å². The minimum atomic E-state index is -0.0130. The van der Waals surface area contributed by atoms with Crippen LogP contribution >= 0.6 is 12.2 Å². The number of fused-ring (bicyclic) bond motifs is 1. The van der Waals surface area contributed by atoms with Crippen LogP contribution in [0.2, 0.25) is 0 Å². The fraction of sp³-hybridized carbons (Fsp3) is 0.500. The minimum Gasteiger partial charge on any atom is -0.256 e. The van der Waals surface area contributed by atoms with E-state index < -0.39 is 0 Å². The van der Waals surface area contributed by atoms with Gasteiger partial charge in [0.1, 0.15) is 0 Å². The standard InChI is InChI=1S/C16H21N3OS/c1-2-3-6-13-7-9-14(10-8-13)19-15(20)17-11-4-5-12-18(17)16(19)21/h7-10H,2-6,11-12H2,1H3. The third-order valence-electron chi connectivity index (χ3n) is 4.12. The smallest absolute Gasteiger partial charge is 0.256 e. The summed E-state index contributed by atoms with van der Waals surface area (Å²) < 4.78 is 5.98. The summed E-state index contributed by atoms with van der Waals surface area (Å²) in [4.78, 5) is 12.5. The lowest BCUT2D eigenvalue weighted by Crippen LogP contribution is -2.29. The summed E-state index contributed by atoms with van der Waals surface area (Å²) in [5, 5.41) is 0. The average molecular weight is 303 g/mol. The summed E-state index contributed by atoms with van der Waals surface area (Å²) >= 11 is 5.49. The van der Waals surface area contributed by atoms with Crippen molar-refractivity contribution < 1.29 is 0 Å². The van der Waals surface area contributed by atoms with Crippen molar-refractivity contribution in [2.45, 2.75) is 52.1 Å². The summed E-state index contributed by atoms with van der Waals surface area (Å²) in [7, 11) is 0. The van der Waals surface area contributed by atoms with Gasteiger partial charge in [-0.15, -0.1) is 0 Å². The molecule has 0 aliphatic carbocycles. The lowest BCUT2D eigenvalue weighted by atomic mass is 10.1. The molecule has 0 N–H and O–H groups in total. The van der Waals surface area contributed by atoms with Crippen LogP contribution in [0, 0.1) is 4.77 Å². The number of aromatic nitrogens is 3. The van der Waals surface area contributed by atoms with E-state index in [4.69, 9.17) is 12.2 Å². The molecular formula is C16H21N3OS. The van der Waals surface area contributed by atoms with Gasteiger partial charge in [-0.3, -0.25) is 4.68 Å². The Morgan fingerprint density at radius 3 is 2.38 bits per heavy atom. The highest BCUT2D eigenvalue weighted by Crippen LogP contribution is 2.13. The second-order valence-electron chi connectivity index (χ2n) is 5.62. The second-order valence-corrected chi connectivity index (χ2v) is 5.99.